The number of nitrogens with one attached hydrogen (secondary N) is 2. The van der Waals surface area contributed by atoms with Crippen LogP contribution in [0.1, 0.15) is 74.0 Å². The second-order valence-electron chi connectivity index (χ2n) is 8.77. The number of piperidine rings is 2. The van der Waals surface area contributed by atoms with Crippen LogP contribution in [0.15, 0.2) is 10.6 Å². The molecule has 3 aliphatic rings. The number of aromatic nitrogens is 1. The van der Waals surface area contributed by atoms with E-state index in [9.17, 15) is 9.59 Å². The molecule has 1 aromatic heterocycles. The number of hydrogen-bond donors (Lipinski definition) is 2. The standard InChI is InChI=1S/C21H32N4O3/c1-14(23-21(27)18-13-19(28-24-18)17-2-3-17)16-6-10-25(11-7-16)20(26)12-15-4-8-22-9-5-15/h13-17,22H,2-12H2,1H3,(H,23,27)/t14-/m1/s1. The second-order valence-corrected chi connectivity index (χ2v) is 8.77. The largest absolute Gasteiger partial charge is 0.360 e. The van der Waals surface area contributed by atoms with Crippen molar-refractivity contribution in [3.05, 3.63) is 17.5 Å². The minimum absolute atomic E-state index is 0.0650. The van der Waals surface area contributed by atoms with Crippen LogP contribution in [-0.2, 0) is 4.79 Å². The van der Waals surface area contributed by atoms with Crippen LogP contribution in [0.5, 0.6) is 0 Å². The number of likely N-dealkylation sites (tertiary alicyclic amines) is 1. The molecular weight excluding hydrogens is 356 g/mol. The fraction of sp³-hybridized carbons (Fsp3) is 0.762. The van der Waals surface area contributed by atoms with Gasteiger partial charge in [0.1, 0.15) is 5.76 Å². The molecule has 4 rings (SSSR count). The second kappa shape index (κ2) is 8.64. The average Bonchev–Trinajstić information content (AvgIpc) is 3.45. The molecule has 0 unspecified atom stereocenters. The van der Waals surface area contributed by atoms with Crippen molar-refractivity contribution in [2.45, 2.75) is 63.8 Å². The van der Waals surface area contributed by atoms with Crippen molar-refractivity contribution < 1.29 is 14.1 Å². The van der Waals surface area contributed by atoms with E-state index in [4.69, 9.17) is 4.52 Å². The Kier molecular flexibility index (Phi) is 5.99. The van der Waals surface area contributed by atoms with Crippen molar-refractivity contribution in [2.75, 3.05) is 26.2 Å². The summed E-state index contributed by atoms with van der Waals surface area (Å²) in [4.78, 5) is 27.1. The van der Waals surface area contributed by atoms with Gasteiger partial charge in [-0.05, 0) is 70.4 Å². The normalized spacial score (nSPS) is 22.8. The lowest BCUT2D eigenvalue weighted by Crippen LogP contribution is -2.46. The molecule has 0 bridgehead atoms. The third kappa shape index (κ3) is 4.74. The summed E-state index contributed by atoms with van der Waals surface area (Å²) in [6, 6.07) is 1.84. The molecule has 0 aromatic carbocycles. The molecule has 0 spiro atoms. The van der Waals surface area contributed by atoms with E-state index < -0.39 is 0 Å². The van der Waals surface area contributed by atoms with Crippen molar-refractivity contribution in [1.82, 2.24) is 20.7 Å². The van der Waals surface area contributed by atoms with Crippen LogP contribution in [0.2, 0.25) is 0 Å². The van der Waals surface area contributed by atoms with Gasteiger partial charge in [-0.2, -0.15) is 0 Å². The van der Waals surface area contributed by atoms with Crippen LogP contribution >= 0.6 is 0 Å². The summed E-state index contributed by atoms with van der Waals surface area (Å²) in [5, 5.41) is 10.4. The maximum atomic E-state index is 12.6. The first kappa shape index (κ1) is 19.4. The average molecular weight is 389 g/mol. The summed E-state index contributed by atoms with van der Waals surface area (Å²) in [6.07, 6.45) is 7.03. The van der Waals surface area contributed by atoms with Crippen molar-refractivity contribution >= 4 is 11.8 Å². The lowest BCUT2D eigenvalue weighted by atomic mass is 9.89. The van der Waals surface area contributed by atoms with Gasteiger partial charge in [0.05, 0.1) is 0 Å². The highest BCUT2D eigenvalue weighted by atomic mass is 16.5. The van der Waals surface area contributed by atoms with Gasteiger partial charge in [0.2, 0.25) is 5.91 Å². The Morgan fingerprint density at radius 3 is 2.61 bits per heavy atom. The van der Waals surface area contributed by atoms with E-state index in [2.05, 4.69) is 22.7 Å². The molecule has 3 fully saturated rings. The number of nitrogens with zero attached hydrogens (tertiary/aromatic N) is 2. The van der Waals surface area contributed by atoms with E-state index in [0.717, 1.165) is 70.5 Å². The summed E-state index contributed by atoms with van der Waals surface area (Å²) >= 11 is 0. The molecule has 1 saturated carbocycles. The van der Waals surface area contributed by atoms with Gasteiger partial charge in [-0.15, -0.1) is 0 Å². The number of rotatable bonds is 6. The summed E-state index contributed by atoms with van der Waals surface area (Å²) < 4.78 is 5.28. The molecule has 2 N–H and O–H groups in total. The molecule has 2 aliphatic heterocycles. The molecule has 7 heteroatoms. The lowest BCUT2D eigenvalue weighted by molar-refractivity contribution is -0.133. The SMILES string of the molecule is C[C@@H](NC(=O)c1cc(C2CC2)on1)C1CCN(C(=O)CC2CCNCC2)CC1. The van der Waals surface area contributed by atoms with Gasteiger partial charge in [-0.3, -0.25) is 9.59 Å². The highest BCUT2D eigenvalue weighted by Gasteiger charge is 2.31. The zero-order valence-electron chi connectivity index (χ0n) is 16.8. The summed E-state index contributed by atoms with van der Waals surface area (Å²) in [5.74, 6) is 2.36. The fourth-order valence-electron chi connectivity index (χ4n) is 4.47. The van der Waals surface area contributed by atoms with E-state index in [1.54, 1.807) is 6.07 Å². The van der Waals surface area contributed by atoms with E-state index in [0.29, 0.717) is 35.8 Å². The van der Waals surface area contributed by atoms with E-state index >= 15 is 0 Å². The predicted molar refractivity (Wildman–Crippen MR) is 105 cm³/mol. The summed E-state index contributed by atoms with van der Waals surface area (Å²) in [5.41, 5.74) is 0.378. The van der Waals surface area contributed by atoms with Gasteiger partial charge in [0.15, 0.2) is 5.69 Å². The van der Waals surface area contributed by atoms with Gasteiger partial charge < -0.3 is 20.1 Å². The van der Waals surface area contributed by atoms with Crippen molar-refractivity contribution in [1.29, 1.82) is 0 Å². The Hall–Kier alpha value is -1.89. The minimum atomic E-state index is -0.160. The lowest BCUT2D eigenvalue weighted by Gasteiger charge is -2.36. The van der Waals surface area contributed by atoms with Crippen molar-refractivity contribution in [3.8, 4) is 0 Å². The van der Waals surface area contributed by atoms with Crippen LogP contribution in [-0.4, -0.2) is 54.1 Å². The van der Waals surface area contributed by atoms with E-state index in [1.165, 1.54) is 0 Å². The first-order chi connectivity index (χ1) is 13.6. The third-order valence-corrected chi connectivity index (χ3v) is 6.62. The monoisotopic (exact) mass is 388 g/mol. The van der Waals surface area contributed by atoms with Crippen LogP contribution in [0.25, 0.3) is 0 Å². The molecule has 1 atom stereocenters. The van der Waals surface area contributed by atoms with Gasteiger partial charge in [-0.1, -0.05) is 5.16 Å². The number of amides is 2. The molecule has 2 saturated heterocycles. The molecule has 28 heavy (non-hydrogen) atoms. The molecule has 1 aliphatic carbocycles. The number of carbonyl (C=O) groups excluding carboxylic acids is 2. The van der Waals surface area contributed by atoms with Gasteiger partial charge in [0, 0.05) is 37.5 Å². The maximum Gasteiger partial charge on any atom is 0.273 e. The Bertz CT molecular complexity index is 686. The van der Waals surface area contributed by atoms with Gasteiger partial charge in [-0.25, -0.2) is 0 Å². The molecular formula is C21H32N4O3. The summed E-state index contributed by atoms with van der Waals surface area (Å²) in [6.45, 7) is 5.71. The van der Waals surface area contributed by atoms with Crippen LogP contribution in [0.3, 0.4) is 0 Å². The summed E-state index contributed by atoms with van der Waals surface area (Å²) in [7, 11) is 0. The highest BCUT2D eigenvalue weighted by molar-refractivity contribution is 5.92. The number of carbonyl (C=O) groups is 2. The van der Waals surface area contributed by atoms with Crippen LogP contribution in [0, 0.1) is 11.8 Å². The minimum Gasteiger partial charge on any atom is -0.360 e. The Morgan fingerprint density at radius 1 is 1.21 bits per heavy atom. The number of hydrogen-bond acceptors (Lipinski definition) is 5. The first-order valence-electron chi connectivity index (χ1n) is 10.9. The fourth-order valence-corrected chi connectivity index (χ4v) is 4.47. The maximum absolute atomic E-state index is 12.6. The zero-order chi connectivity index (χ0) is 19.5. The molecule has 2 amide bonds. The Morgan fingerprint density at radius 2 is 1.93 bits per heavy atom. The predicted octanol–water partition coefficient (Wildman–Crippen LogP) is 2.30. The van der Waals surface area contributed by atoms with E-state index in [1.807, 2.05) is 4.90 Å². The van der Waals surface area contributed by atoms with Crippen molar-refractivity contribution in [2.24, 2.45) is 11.8 Å². The van der Waals surface area contributed by atoms with Gasteiger partial charge >= 0.3 is 0 Å². The smallest absolute Gasteiger partial charge is 0.273 e. The molecule has 154 valence electrons. The quantitative estimate of drug-likeness (QED) is 0.781. The van der Waals surface area contributed by atoms with Gasteiger partial charge in [0.25, 0.3) is 5.91 Å². The first-order valence-corrected chi connectivity index (χ1v) is 10.9. The third-order valence-electron chi connectivity index (χ3n) is 6.62. The molecule has 0 radical (unpaired) electrons. The zero-order valence-corrected chi connectivity index (χ0v) is 16.8. The molecule has 3 heterocycles. The Labute approximate surface area is 166 Å². The highest BCUT2D eigenvalue weighted by Crippen LogP contribution is 2.40. The van der Waals surface area contributed by atoms with Crippen molar-refractivity contribution in [3.63, 3.8) is 0 Å². The molecule has 1 aromatic rings. The topological polar surface area (TPSA) is 87.5 Å². The van der Waals surface area contributed by atoms with E-state index in [-0.39, 0.29) is 11.9 Å². The Balaban J connectivity index is 1.21. The molecule has 7 nitrogen and oxygen atoms in total. The van der Waals surface area contributed by atoms with Crippen LogP contribution in [0.4, 0.5) is 0 Å². The van der Waals surface area contributed by atoms with Crippen LogP contribution < -0.4 is 10.6 Å².